The van der Waals surface area contributed by atoms with Crippen molar-refractivity contribution in [2.75, 3.05) is 37.9 Å². The number of hydrogen-bond acceptors (Lipinski definition) is 4. The molecule has 0 spiro atoms. The summed E-state index contributed by atoms with van der Waals surface area (Å²) in [6.45, 7) is 7.16. The average Bonchev–Trinajstić information content (AvgIpc) is 2.61. The van der Waals surface area contributed by atoms with Crippen LogP contribution in [0.1, 0.15) is 43.7 Å². The maximum absolute atomic E-state index is 12.7. The molecular formula is C19H30N2O4S. The van der Waals surface area contributed by atoms with Crippen molar-refractivity contribution in [3.8, 4) is 0 Å². The zero-order valence-electron chi connectivity index (χ0n) is 16.1. The summed E-state index contributed by atoms with van der Waals surface area (Å²) < 4.78 is 30.8. The van der Waals surface area contributed by atoms with Crippen LogP contribution in [0.4, 0.5) is 5.69 Å². The first-order valence-corrected chi connectivity index (χ1v) is 10.7. The molecule has 1 heterocycles. The Morgan fingerprint density at radius 1 is 1.31 bits per heavy atom. The quantitative estimate of drug-likeness (QED) is 0.787. The van der Waals surface area contributed by atoms with E-state index in [1.165, 1.54) is 11.4 Å². The maximum Gasteiger partial charge on any atom is 0.227 e. The minimum Gasteiger partial charge on any atom is -0.384 e. The van der Waals surface area contributed by atoms with Gasteiger partial charge in [-0.3, -0.25) is 4.79 Å². The number of amides is 1. The molecule has 1 amide bonds. The number of aryl methyl sites for hydroxylation is 1. The van der Waals surface area contributed by atoms with Crippen LogP contribution in [0.25, 0.3) is 0 Å². The topological polar surface area (TPSA) is 75.7 Å². The van der Waals surface area contributed by atoms with E-state index in [4.69, 9.17) is 4.74 Å². The number of nitrogens with zero attached hydrogens (tertiary/aromatic N) is 1. The van der Waals surface area contributed by atoms with Crippen molar-refractivity contribution in [3.63, 3.8) is 0 Å². The number of hydrogen-bond donors (Lipinski definition) is 1. The van der Waals surface area contributed by atoms with Crippen LogP contribution in [0.3, 0.4) is 0 Å². The number of anilines is 1. The van der Waals surface area contributed by atoms with Gasteiger partial charge < -0.3 is 10.1 Å². The maximum atomic E-state index is 12.7. The molecule has 1 fully saturated rings. The molecule has 1 aromatic carbocycles. The highest BCUT2D eigenvalue weighted by Gasteiger charge is 2.31. The third kappa shape index (κ3) is 5.05. The first kappa shape index (κ1) is 20.9. The Balaban J connectivity index is 2.00. The fourth-order valence-electron chi connectivity index (χ4n) is 3.28. The average molecular weight is 383 g/mol. The Morgan fingerprint density at radius 2 is 1.96 bits per heavy atom. The second-order valence-corrected chi connectivity index (χ2v) is 9.25. The van der Waals surface area contributed by atoms with E-state index < -0.39 is 10.0 Å². The first-order valence-electron chi connectivity index (χ1n) is 9.13. The smallest absolute Gasteiger partial charge is 0.227 e. The van der Waals surface area contributed by atoms with Gasteiger partial charge in [0.15, 0.2) is 0 Å². The lowest BCUT2D eigenvalue weighted by atomic mass is 9.95. The summed E-state index contributed by atoms with van der Waals surface area (Å²) in [6.07, 6.45) is 1.09. The minimum absolute atomic E-state index is 0.0126. The zero-order chi connectivity index (χ0) is 19.3. The number of nitrogens with one attached hydrogen (secondary N) is 1. The molecule has 0 saturated carbocycles. The third-order valence-corrected chi connectivity index (χ3v) is 6.77. The number of sulfonamides is 1. The molecular weight excluding hydrogens is 352 g/mol. The summed E-state index contributed by atoms with van der Waals surface area (Å²) >= 11 is 0. The molecule has 0 atom stereocenters. The van der Waals surface area contributed by atoms with Gasteiger partial charge in [0, 0.05) is 31.8 Å². The standard InChI is InChI=1S/C19H30N2O4S/c1-14(2)17-7-5-6-15(3)18(17)20-19(22)16-8-10-21(11-9-16)26(23,24)13-12-25-4/h5-7,14,16H,8-13H2,1-4H3,(H,20,22). The van der Waals surface area contributed by atoms with Gasteiger partial charge in [-0.15, -0.1) is 0 Å². The highest BCUT2D eigenvalue weighted by molar-refractivity contribution is 7.89. The van der Waals surface area contributed by atoms with Crippen LogP contribution >= 0.6 is 0 Å². The lowest BCUT2D eigenvalue weighted by Crippen LogP contribution is -2.43. The number of carbonyl (C=O) groups is 1. The number of piperidine rings is 1. The van der Waals surface area contributed by atoms with Crippen molar-refractivity contribution in [2.45, 2.75) is 39.5 Å². The fraction of sp³-hybridized carbons (Fsp3) is 0.632. The lowest BCUT2D eigenvalue weighted by Gasteiger charge is -2.31. The number of methoxy groups -OCH3 is 1. The van der Waals surface area contributed by atoms with E-state index in [-0.39, 0.29) is 24.2 Å². The van der Waals surface area contributed by atoms with E-state index in [9.17, 15) is 13.2 Å². The molecule has 1 aliphatic rings. The van der Waals surface area contributed by atoms with Crippen molar-refractivity contribution in [2.24, 2.45) is 5.92 Å². The molecule has 0 unspecified atom stereocenters. The largest absolute Gasteiger partial charge is 0.384 e. The van der Waals surface area contributed by atoms with Gasteiger partial charge in [0.1, 0.15) is 0 Å². The van der Waals surface area contributed by atoms with E-state index in [0.717, 1.165) is 16.8 Å². The van der Waals surface area contributed by atoms with Crippen LogP contribution < -0.4 is 5.32 Å². The molecule has 1 aliphatic heterocycles. The Hall–Kier alpha value is -1.44. The highest BCUT2D eigenvalue weighted by atomic mass is 32.2. The molecule has 146 valence electrons. The molecule has 7 heteroatoms. The van der Waals surface area contributed by atoms with Gasteiger partial charge in [0.05, 0.1) is 12.4 Å². The number of rotatable bonds is 7. The molecule has 1 N–H and O–H groups in total. The van der Waals surface area contributed by atoms with Crippen LogP contribution in [0.2, 0.25) is 0 Å². The molecule has 0 radical (unpaired) electrons. The van der Waals surface area contributed by atoms with E-state index >= 15 is 0 Å². The number of benzene rings is 1. The summed E-state index contributed by atoms with van der Waals surface area (Å²) in [5, 5.41) is 3.09. The van der Waals surface area contributed by atoms with Crippen molar-refractivity contribution >= 4 is 21.6 Å². The second-order valence-electron chi connectivity index (χ2n) is 7.17. The molecule has 0 aliphatic carbocycles. The van der Waals surface area contributed by atoms with Crippen LogP contribution in [-0.4, -0.2) is 51.2 Å². The molecule has 1 saturated heterocycles. The van der Waals surface area contributed by atoms with Crippen molar-refractivity contribution < 1.29 is 17.9 Å². The summed E-state index contributed by atoms with van der Waals surface area (Å²) in [7, 11) is -1.81. The van der Waals surface area contributed by atoms with Crippen LogP contribution in [0.5, 0.6) is 0 Å². The Labute approximate surface area is 157 Å². The Morgan fingerprint density at radius 3 is 2.54 bits per heavy atom. The third-order valence-electron chi connectivity index (χ3n) is 4.94. The summed E-state index contributed by atoms with van der Waals surface area (Å²) in [4.78, 5) is 12.7. The second kappa shape index (κ2) is 8.97. The molecule has 0 bridgehead atoms. The van der Waals surface area contributed by atoms with Gasteiger partial charge >= 0.3 is 0 Å². The molecule has 1 aromatic rings. The lowest BCUT2D eigenvalue weighted by molar-refractivity contribution is -0.120. The van der Waals surface area contributed by atoms with Crippen molar-refractivity contribution in [3.05, 3.63) is 29.3 Å². The van der Waals surface area contributed by atoms with Crippen LogP contribution in [0, 0.1) is 12.8 Å². The van der Waals surface area contributed by atoms with E-state index in [1.54, 1.807) is 0 Å². The van der Waals surface area contributed by atoms with E-state index in [0.29, 0.717) is 31.8 Å². The number of carbonyl (C=O) groups excluding carboxylic acids is 1. The van der Waals surface area contributed by atoms with Gasteiger partial charge in [-0.05, 0) is 36.8 Å². The summed E-state index contributed by atoms with van der Waals surface area (Å²) in [5.41, 5.74) is 3.06. The molecule has 0 aromatic heterocycles. The normalized spacial score (nSPS) is 16.8. The van der Waals surface area contributed by atoms with Gasteiger partial charge in [-0.25, -0.2) is 12.7 Å². The van der Waals surface area contributed by atoms with Gasteiger partial charge in [0.2, 0.25) is 15.9 Å². The monoisotopic (exact) mass is 382 g/mol. The van der Waals surface area contributed by atoms with Crippen molar-refractivity contribution in [1.29, 1.82) is 0 Å². The SMILES string of the molecule is COCCS(=O)(=O)N1CCC(C(=O)Nc2c(C)cccc2C(C)C)CC1. The molecule has 2 rings (SSSR count). The number of ether oxygens (including phenoxy) is 1. The van der Waals surface area contributed by atoms with Crippen LogP contribution in [-0.2, 0) is 19.6 Å². The van der Waals surface area contributed by atoms with Gasteiger partial charge in [-0.1, -0.05) is 32.0 Å². The van der Waals surface area contributed by atoms with Gasteiger partial charge in [0.25, 0.3) is 0 Å². The van der Waals surface area contributed by atoms with Gasteiger partial charge in [-0.2, -0.15) is 0 Å². The van der Waals surface area contributed by atoms with E-state index in [2.05, 4.69) is 19.2 Å². The fourth-order valence-corrected chi connectivity index (χ4v) is 4.68. The zero-order valence-corrected chi connectivity index (χ0v) is 16.9. The predicted molar refractivity (Wildman–Crippen MR) is 104 cm³/mol. The predicted octanol–water partition coefficient (Wildman–Crippen LogP) is 2.75. The Bertz CT molecular complexity index is 723. The van der Waals surface area contributed by atoms with Crippen LogP contribution in [0.15, 0.2) is 18.2 Å². The molecule has 6 nitrogen and oxygen atoms in total. The minimum atomic E-state index is -3.30. The number of para-hydroxylation sites is 1. The summed E-state index contributed by atoms with van der Waals surface area (Å²) in [5.74, 6) is 0.123. The highest BCUT2D eigenvalue weighted by Crippen LogP contribution is 2.29. The Kier molecular flexibility index (Phi) is 7.20. The first-order chi connectivity index (χ1) is 12.3. The summed E-state index contributed by atoms with van der Waals surface area (Å²) in [6, 6.07) is 6.04. The van der Waals surface area contributed by atoms with E-state index in [1.807, 2.05) is 25.1 Å². The van der Waals surface area contributed by atoms with Crippen molar-refractivity contribution in [1.82, 2.24) is 4.31 Å². The molecule has 26 heavy (non-hydrogen) atoms.